The summed E-state index contributed by atoms with van der Waals surface area (Å²) < 4.78 is 4.82. The fraction of sp³-hybridized carbons (Fsp3) is 0.200. The van der Waals surface area contributed by atoms with Gasteiger partial charge in [0.05, 0.1) is 6.20 Å². The van der Waals surface area contributed by atoms with Crippen molar-refractivity contribution in [3.63, 3.8) is 0 Å². The molecular formula is C5H6NO. The van der Waals surface area contributed by atoms with Crippen LogP contribution in [0.5, 0.6) is 0 Å². The molecule has 2 nitrogen and oxygen atoms in total. The van der Waals surface area contributed by atoms with Crippen LogP contribution in [-0.2, 0) is 0 Å². The average molecular weight is 96.1 g/mol. The highest BCUT2D eigenvalue weighted by molar-refractivity contribution is 4.99. The molecule has 0 atom stereocenters. The zero-order valence-corrected chi connectivity index (χ0v) is 4.09. The van der Waals surface area contributed by atoms with Gasteiger partial charge in [-0.05, 0) is 0 Å². The third kappa shape index (κ3) is 0.796. The largest absolute Gasteiger partial charge is 0.448 e. The van der Waals surface area contributed by atoms with Crippen molar-refractivity contribution >= 4 is 0 Å². The smallest absolute Gasteiger partial charge is 0.180 e. The summed E-state index contributed by atoms with van der Waals surface area (Å²) >= 11 is 0. The van der Waals surface area contributed by atoms with Gasteiger partial charge < -0.3 is 4.42 Å². The van der Waals surface area contributed by atoms with Gasteiger partial charge in [0.2, 0.25) is 0 Å². The molecule has 0 unspecified atom stereocenters. The van der Waals surface area contributed by atoms with Crippen molar-refractivity contribution in [1.29, 1.82) is 0 Å². The van der Waals surface area contributed by atoms with Crippen LogP contribution >= 0.6 is 0 Å². The second-order valence-corrected chi connectivity index (χ2v) is 1.19. The van der Waals surface area contributed by atoms with Crippen molar-refractivity contribution in [3.8, 4) is 0 Å². The third-order valence-corrected chi connectivity index (χ3v) is 0.736. The lowest BCUT2D eigenvalue weighted by Gasteiger charge is -1.76. The molecule has 7 heavy (non-hydrogen) atoms. The van der Waals surface area contributed by atoms with Crippen LogP contribution in [0.15, 0.2) is 17.0 Å². The Morgan fingerprint density at radius 2 is 2.71 bits per heavy atom. The van der Waals surface area contributed by atoms with Crippen molar-refractivity contribution in [2.75, 3.05) is 0 Å². The lowest BCUT2D eigenvalue weighted by atomic mass is 10.4. The highest BCUT2D eigenvalue weighted by Crippen LogP contribution is 1.96. The zero-order valence-electron chi connectivity index (χ0n) is 4.09. The minimum atomic E-state index is 0.819. The molecule has 0 saturated heterocycles. The van der Waals surface area contributed by atoms with Gasteiger partial charge in [-0.25, -0.2) is 4.98 Å². The SMILES string of the molecule is C[CH]c1cnco1. The van der Waals surface area contributed by atoms with Crippen LogP contribution in [-0.4, -0.2) is 4.98 Å². The summed E-state index contributed by atoms with van der Waals surface area (Å²) in [6.45, 7) is 1.90. The average Bonchev–Trinajstić information content (AvgIpc) is 2.14. The molecule has 37 valence electrons. The summed E-state index contributed by atoms with van der Waals surface area (Å²) in [5.74, 6) is 0.819. The van der Waals surface area contributed by atoms with Crippen LogP contribution < -0.4 is 0 Å². The van der Waals surface area contributed by atoms with Gasteiger partial charge >= 0.3 is 0 Å². The van der Waals surface area contributed by atoms with E-state index in [-0.39, 0.29) is 0 Å². The fourth-order valence-corrected chi connectivity index (χ4v) is 0.368. The molecule has 0 aromatic carbocycles. The first-order chi connectivity index (χ1) is 3.43. The van der Waals surface area contributed by atoms with Gasteiger partial charge in [0, 0.05) is 6.42 Å². The number of aromatic nitrogens is 1. The zero-order chi connectivity index (χ0) is 5.11. The van der Waals surface area contributed by atoms with Gasteiger partial charge in [-0.1, -0.05) is 6.92 Å². The highest BCUT2D eigenvalue weighted by atomic mass is 16.3. The molecule has 0 bridgehead atoms. The minimum Gasteiger partial charge on any atom is -0.448 e. The Morgan fingerprint density at radius 3 is 3.00 bits per heavy atom. The summed E-state index contributed by atoms with van der Waals surface area (Å²) in [6.07, 6.45) is 4.93. The van der Waals surface area contributed by atoms with Crippen molar-refractivity contribution in [2.24, 2.45) is 0 Å². The van der Waals surface area contributed by atoms with Crippen LogP contribution in [0.2, 0.25) is 0 Å². The number of hydrogen-bond donors (Lipinski definition) is 0. The molecule has 2 heteroatoms. The van der Waals surface area contributed by atoms with Crippen molar-refractivity contribution < 1.29 is 4.42 Å². The molecule has 1 heterocycles. The van der Waals surface area contributed by atoms with Gasteiger partial charge in [0.25, 0.3) is 0 Å². The predicted molar refractivity (Wildman–Crippen MR) is 25.6 cm³/mol. The molecule has 0 aliphatic heterocycles. The quantitative estimate of drug-likeness (QED) is 0.525. The molecule has 0 spiro atoms. The van der Waals surface area contributed by atoms with Crippen molar-refractivity contribution in [2.45, 2.75) is 6.92 Å². The Kier molecular flexibility index (Phi) is 1.11. The Hall–Kier alpha value is -0.790. The summed E-state index contributed by atoms with van der Waals surface area (Å²) in [4.78, 5) is 3.70. The summed E-state index contributed by atoms with van der Waals surface area (Å²) in [7, 11) is 0. The molecular weight excluding hydrogens is 90.1 g/mol. The van der Waals surface area contributed by atoms with Gasteiger partial charge in [0.1, 0.15) is 5.76 Å². The molecule has 0 N–H and O–H groups in total. The van der Waals surface area contributed by atoms with Crippen molar-refractivity contribution in [3.05, 3.63) is 24.8 Å². The van der Waals surface area contributed by atoms with E-state index in [0.29, 0.717) is 0 Å². The van der Waals surface area contributed by atoms with Crippen LogP contribution in [0.3, 0.4) is 0 Å². The van der Waals surface area contributed by atoms with Gasteiger partial charge in [-0.3, -0.25) is 0 Å². The monoisotopic (exact) mass is 96.0 g/mol. The topological polar surface area (TPSA) is 26.0 Å². The van der Waals surface area contributed by atoms with E-state index in [4.69, 9.17) is 4.42 Å². The lowest BCUT2D eigenvalue weighted by Crippen LogP contribution is -1.63. The van der Waals surface area contributed by atoms with E-state index in [1.165, 1.54) is 6.39 Å². The molecule has 1 aromatic heterocycles. The van der Waals surface area contributed by atoms with E-state index in [0.717, 1.165) is 5.76 Å². The normalized spacial score (nSPS) is 9.29. The van der Waals surface area contributed by atoms with Crippen LogP contribution in [0, 0.1) is 6.42 Å². The first kappa shape index (κ1) is 4.37. The second kappa shape index (κ2) is 1.78. The summed E-state index contributed by atoms with van der Waals surface area (Å²) in [6, 6.07) is 0. The number of nitrogens with zero attached hydrogens (tertiary/aromatic N) is 1. The fourth-order valence-electron chi connectivity index (χ4n) is 0.368. The highest BCUT2D eigenvalue weighted by Gasteiger charge is 1.86. The van der Waals surface area contributed by atoms with E-state index < -0.39 is 0 Å². The van der Waals surface area contributed by atoms with E-state index in [1.807, 2.05) is 13.3 Å². The van der Waals surface area contributed by atoms with Gasteiger partial charge in [-0.2, -0.15) is 0 Å². The van der Waals surface area contributed by atoms with Crippen LogP contribution in [0.25, 0.3) is 0 Å². The maximum absolute atomic E-state index is 4.82. The molecule has 0 fully saturated rings. The van der Waals surface area contributed by atoms with E-state index in [1.54, 1.807) is 6.20 Å². The van der Waals surface area contributed by atoms with Crippen LogP contribution in [0.1, 0.15) is 12.7 Å². The third-order valence-electron chi connectivity index (χ3n) is 0.736. The van der Waals surface area contributed by atoms with Gasteiger partial charge in [0.15, 0.2) is 6.39 Å². The van der Waals surface area contributed by atoms with Crippen molar-refractivity contribution in [1.82, 2.24) is 4.98 Å². The van der Waals surface area contributed by atoms with E-state index >= 15 is 0 Å². The number of rotatable bonds is 1. The molecule has 1 aromatic rings. The standard InChI is InChI=1S/C5H6NO/c1-2-5-3-6-4-7-5/h2-4H,1H3. The lowest BCUT2D eigenvalue weighted by molar-refractivity contribution is 0.533. The molecule has 0 aliphatic rings. The maximum atomic E-state index is 4.82. The summed E-state index contributed by atoms with van der Waals surface area (Å²) in [5.41, 5.74) is 0. The second-order valence-electron chi connectivity index (χ2n) is 1.19. The Labute approximate surface area is 42.2 Å². The van der Waals surface area contributed by atoms with Crippen LogP contribution in [0.4, 0.5) is 0 Å². The van der Waals surface area contributed by atoms with E-state index in [2.05, 4.69) is 4.98 Å². The minimum absolute atomic E-state index is 0.819. The summed E-state index contributed by atoms with van der Waals surface area (Å²) in [5, 5.41) is 0. The molecule has 1 rings (SSSR count). The molecule has 1 radical (unpaired) electrons. The Morgan fingerprint density at radius 1 is 1.86 bits per heavy atom. The van der Waals surface area contributed by atoms with E-state index in [9.17, 15) is 0 Å². The number of hydrogen-bond acceptors (Lipinski definition) is 2. The first-order valence-corrected chi connectivity index (χ1v) is 2.11. The number of oxazole rings is 1. The maximum Gasteiger partial charge on any atom is 0.180 e. The molecule has 0 saturated carbocycles. The molecule has 0 amide bonds. The Bertz CT molecular complexity index is 123. The Balaban J connectivity index is 2.76. The predicted octanol–water partition coefficient (Wildman–Crippen LogP) is 1.25. The molecule has 0 aliphatic carbocycles. The van der Waals surface area contributed by atoms with Gasteiger partial charge in [-0.15, -0.1) is 0 Å². The first-order valence-electron chi connectivity index (χ1n) is 2.11.